The van der Waals surface area contributed by atoms with Gasteiger partial charge in [0.1, 0.15) is 0 Å². The molecule has 17 heavy (non-hydrogen) atoms. The molecule has 1 N–H and O–H groups in total. The number of amides is 1. The fraction of sp³-hybridized carbons (Fsp3) is 0.429. The zero-order chi connectivity index (χ0) is 12.7. The third kappa shape index (κ3) is 5.17. The Bertz CT molecular complexity index is 403. The molecule has 3 heteroatoms. The van der Waals surface area contributed by atoms with Crippen LogP contribution in [-0.4, -0.2) is 11.9 Å². The lowest BCUT2D eigenvalue weighted by molar-refractivity contribution is -0.121. The molecule has 0 fully saturated rings. The second-order valence-electron chi connectivity index (χ2n) is 4.32. The molecule has 0 radical (unpaired) electrons. The lowest BCUT2D eigenvalue weighted by Crippen LogP contribution is -2.32. The Labute approximate surface area is 102 Å². The summed E-state index contributed by atoms with van der Waals surface area (Å²) in [5, 5.41) is 11.3. The zero-order valence-electron chi connectivity index (χ0n) is 10.4. The molecule has 1 aromatic rings. The van der Waals surface area contributed by atoms with Crippen LogP contribution in [0.2, 0.25) is 0 Å². The van der Waals surface area contributed by atoms with Crippen molar-refractivity contribution in [3.63, 3.8) is 0 Å². The van der Waals surface area contributed by atoms with Gasteiger partial charge < -0.3 is 5.32 Å². The van der Waals surface area contributed by atoms with Crippen LogP contribution in [0.5, 0.6) is 0 Å². The predicted octanol–water partition coefficient (Wildman–Crippen LogP) is 2.35. The van der Waals surface area contributed by atoms with E-state index in [-0.39, 0.29) is 11.9 Å². The van der Waals surface area contributed by atoms with E-state index in [9.17, 15) is 4.79 Å². The number of nitrogens with one attached hydrogen (secondary N) is 1. The van der Waals surface area contributed by atoms with Crippen molar-refractivity contribution in [3.05, 3.63) is 35.4 Å². The van der Waals surface area contributed by atoms with Crippen LogP contribution in [0.25, 0.3) is 0 Å². The van der Waals surface area contributed by atoms with Crippen LogP contribution in [-0.2, 0) is 11.2 Å². The molecule has 1 aromatic carbocycles. The van der Waals surface area contributed by atoms with E-state index in [0.29, 0.717) is 12.8 Å². The molecule has 0 bridgehead atoms. The highest BCUT2D eigenvalue weighted by Gasteiger charge is 2.06. The van der Waals surface area contributed by atoms with E-state index >= 15 is 0 Å². The third-order valence-corrected chi connectivity index (χ3v) is 2.57. The minimum absolute atomic E-state index is 0.00771. The number of nitriles is 1. The van der Waals surface area contributed by atoms with Gasteiger partial charge in [0.15, 0.2) is 0 Å². The van der Waals surface area contributed by atoms with Crippen molar-refractivity contribution in [1.29, 1.82) is 5.26 Å². The van der Waals surface area contributed by atoms with Crippen LogP contribution >= 0.6 is 0 Å². The fourth-order valence-electron chi connectivity index (χ4n) is 1.55. The molecule has 0 aliphatic carbocycles. The molecule has 0 aromatic heterocycles. The summed E-state index contributed by atoms with van der Waals surface area (Å²) in [5.74, 6) is 0.00771. The Kier molecular flexibility index (Phi) is 5.22. The molecular formula is C14H18N2O. The van der Waals surface area contributed by atoms with Gasteiger partial charge in [0.25, 0.3) is 0 Å². The molecule has 0 aliphatic rings. The molecule has 1 rings (SSSR count). The number of nitrogens with zero attached hydrogens (tertiary/aromatic N) is 1. The second kappa shape index (κ2) is 6.70. The van der Waals surface area contributed by atoms with Crippen LogP contribution in [0.4, 0.5) is 0 Å². The van der Waals surface area contributed by atoms with Gasteiger partial charge in [-0.3, -0.25) is 4.79 Å². The van der Waals surface area contributed by atoms with E-state index in [1.165, 1.54) is 11.1 Å². The normalized spacial score (nSPS) is 11.6. The van der Waals surface area contributed by atoms with E-state index in [0.717, 1.165) is 6.42 Å². The topological polar surface area (TPSA) is 52.9 Å². The second-order valence-corrected chi connectivity index (χ2v) is 4.32. The Morgan fingerprint density at radius 1 is 1.41 bits per heavy atom. The van der Waals surface area contributed by atoms with Crippen molar-refractivity contribution in [2.24, 2.45) is 0 Å². The number of aryl methyl sites for hydroxylation is 2. The molecule has 3 nitrogen and oxygen atoms in total. The Balaban J connectivity index is 2.33. The fourth-order valence-corrected chi connectivity index (χ4v) is 1.55. The first-order chi connectivity index (χ1) is 8.11. The minimum atomic E-state index is -0.0643. The van der Waals surface area contributed by atoms with Gasteiger partial charge in [0, 0.05) is 12.5 Å². The van der Waals surface area contributed by atoms with Gasteiger partial charge in [-0.15, -0.1) is 0 Å². The van der Waals surface area contributed by atoms with E-state index in [2.05, 4.69) is 5.32 Å². The molecule has 0 spiro atoms. The van der Waals surface area contributed by atoms with Crippen LogP contribution in [0.1, 0.15) is 30.9 Å². The van der Waals surface area contributed by atoms with Gasteiger partial charge in [0.05, 0.1) is 12.5 Å². The number of hydrogen-bond donors (Lipinski definition) is 1. The quantitative estimate of drug-likeness (QED) is 0.844. The molecule has 1 amide bonds. The number of rotatable bonds is 5. The maximum atomic E-state index is 11.5. The van der Waals surface area contributed by atoms with E-state index in [1.54, 1.807) is 0 Å². The first-order valence-electron chi connectivity index (χ1n) is 5.83. The van der Waals surface area contributed by atoms with Crippen molar-refractivity contribution in [3.8, 4) is 6.07 Å². The van der Waals surface area contributed by atoms with Crippen molar-refractivity contribution < 1.29 is 4.79 Å². The maximum absolute atomic E-state index is 11.5. The smallest absolute Gasteiger partial charge is 0.220 e. The first-order valence-corrected chi connectivity index (χ1v) is 5.83. The van der Waals surface area contributed by atoms with Crippen LogP contribution in [0, 0.1) is 18.3 Å². The highest BCUT2D eigenvalue weighted by atomic mass is 16.1. The van der Waals surface area contributed by atoms with E-state index < -0.39 is 0 Å². The Hall–Kier alpha value is -1.82. The summed E-state index contributed by atoms with van der Waals surface area (Å²) in [4.78, 5) is 11.5. The molecule has 0 saturated carbocycles. The van der Waals surface area contributed by atoms with Crippen molar-refractivity contribution >= 4 is 5.91 Å². The molecular weight excluding hydrogens is 212 g/mol. The van der Waals surface area contributed by atoms with E-state index in [1.807, 2.05) is 44.2 Å². The van der Waals surface area contributed by atoms with Gasteiger partial charge in [-0.1, -0.05) is 29.8 Å². The van der Waals surface area contributed by atoms with Crippen molar-refractivity contribution in [1.82, 2.24) is 5.32 Å². The van der Waals surface area contributed by atoms with Crippen LogP contribution < -0.4 is 5.32 Å². The molecule has 0 saturated heterocycles. The summed E-state index contributed by atoms with van der Waals surface area (Å²) >= 11 is 0. The van der Waals surface area contributed by atoms with Crippen LogP contribution in [0.3, 0.4) is 0 Å². The molecule has 1 atom stereocenters. The van der Waals surface area contributed by atoms with Gasteiger partial charge in [-0.25, -0.2) is 0 Å². The average molecular weight is 230 g/mol. The third-order valence-electron chi connectivity index (χ3n) is 2.57. The van der Waals surface area contributed by atoms with Crippen LogP contribution in [0.15, 0.2) is 24.3 Å². The van der Waals surface area contributed by atoms with Gasteiger partial charge in [0.2, 0.25) is 5.91 Å². The summed E-state index contributed by atoms with van der Waals surface area (Å²) < 4.78 is 0. The molecule has 0 aliphatic heterocycles. The van der Waals surface area contributed by atoms with E-state index in [4.69, 9.17) is 5.26 Å². The zero-order valence-corrected chi connectivity index (χ0v) is 10.4. The minimum Gasteiger partial charge on any atom is -0.353 e. The summed E-state index contributed by atoms with van der Waals surface area (Å²) in [5.41, 5.74) is 2.39. The molecule has 1 unspecified atom stereocenters. The Morgan fingerprint density at radius 2 is 2.06 bits per heavy atom. The molecule has 90 valence electrons. The lowest BCUT2D eigenvalue weighted by Gasteiger charge is -2.10. The first kappa shape index (κ1) is 13.2. The maximum Gasteiger partial charge on any atom is 0.220 e. The highest BCUT2D eigenvalue weighted by Crippen LogP contribution is 2.05. The number of benzene rings is 1. The largest absolute Gasteiger partial charge is 0.353 e. The highest BCUT2D eigenvalue weighted by molar-refractivity contribution is 5.76. The number of carbonyl (C=O) groups is 1. The Morgan fingerprint density at radius 3 is 2.65 bits per heavy atom. The lowest BCUT2D eigenvalue weighted by atomic mass is 10.1. The van der Waals surface area contributed by atoms with Gasteiger partial charge >= 0.3 is 0 Å². The standard InChI is InChI=1S/C14H18N2O/c1-11-3-5-13(6-4-11)7-8-14(17)16-12(2)9-10-15/h3-6,12H,7-9H2,1-2H3,(H,16,17). The summed E-state index contributed by atoms with van der Waals surface area (Å²) in [6.07, 6.45) is 1.57. The van der Waals surface area contributed by atoms with Gasteiger partial charge in [-0.05, 0) is 25.8 Å². The van der Waals surface area contributed by atoms with Crippen molar-refractivity contribution in [2.75, 3.05) is 0 Å². The summed E-state index contributed by atoms with van der Waals surface area (Å²) in [7, 11) is 0. The van der Waals surface area contributed by atoms with Gasteiger partial charge in [-0.2, -0.15) is 5.26 Å². The molecule has 0 heterocycles. The summed E-state index contributed by atoms with van der Waals surface area (Å²) in [6.45, 7) is 3.88. The predicted molar refractivity (Wildman–Crippen MR) is 67.3 cm³/mol. The monoisotopic (exact) mass is 230 g/mol. The number of hydrogen-bond acceptors (Lipinski definition) is 2. The average Bonchev–Trinajstić information content (AvgIpc) is 2.28. The van der Waals surface area contributed by atoms with Crippen molar-refractivity contribution in [2.45, 2.75) is 39.2 Å². The SMILES string of the molecule is Cc1ccc(CCC(=O)NC(C)CC#N)cc1. The summed E-state index contributed by atoms with van der Waals surface area (Å²) in [6, 6.07) is 10.2. The number of carbonyl (C=O) groups excluding carboxylic acids is 1.